The summed E-state index contributed by atoms with van der Waals surface area (Å²) >= 11 is 0. The fraction of sp³-hybridized carbons (Fsp3) is 0.273. The molecule has 3 rings (SSSR count). The van der Waals surface area contributed by atoms with Crippen LogP contribution in [0.3, 0.4) is 0 Å². The molecule has 0 aliphatic carbocycles. The maximum Gasteiger partial charge on any atom is 0.410 e. The van der Waals surface area contributed by atoms with Gasteiger partial charge in [-0.2, -0.15) is 4.39 Å². The van der Waals surface area contributed by atoms with E-state index in [-0.39, 0.29) is 3.97 Å². The zero-order chi connectivity index (χ0) is 25.4. The standard InChI is InChI=1S/C22H21F4N3O4S/c1-22(2,3)28(4)21(30)33-12-13-11-29(18(17(13)25)14-7-6-10-27-20(14)26)34(31,32)19-15(23)8-5-9-16(19)24/h5-11H,12H2,1-4H3. The lowest BCUT2D eigenvalue weighted by atomic mass is 10.1. The molecule has 0 aliphatic heterocycles. The van der Waals surface area contributed by atoms with Crippen LogP contribution >= 0.6 is 0 Å². The van der Waals surface area contributed by atoms with Gasteiger partial charge in [-0.05, 0) is 45.0 Å². The second-order valence-corrected chi connectivity index (χ2v) is 10.0. The summed E-state index contributed by atoms with van der Waals surface area (Å²) in [4.78, 5) is 15.5. The van der Waals surface area contributed by atoms with Crippen LogP contribution < -0.4 is 0 Å². The fourth-order valence-electron chi connectivity index (χ4n) is 2.94. The third-order valence-electron chi connectivity index (χ3n) is 5.06. The first-order chi connectivity index (χ1) is 15.8. The molecule has 0 saturated heterocycles. The number of carbonyl (C=O) groups is 1. The minimum absolute atomic E-state index is 0.209. The number of benzene rings is 1. The largest absolute Gasteiger partial charge is 0.444 e. The summed E-state index contributed by atoms with van der Waals surface area (Å²) in [5.74, 6) is -5.34. The predicted molar refractivity (Wildman–Crippen MR) is 114 cm³/mol. The van der Waals surface area contributed by atoms with E-state index in [1.165, 1.54) is 18.0 Å². The fourth-order valence-corrected chi connectivity index (χ4v) is 4.45. The third-order valence-corrected chi connectivity index (χ3v) is 6.78. The van der Waals surface area contributed by atoms with E-state index in [2.05, 4.69) is 4.98 Å². The van der Waals surface area contributed by atoms with Crippen molar-refractivity contribution in [1.82, 2.24) is 13.9 Å². The van der Waals surface area contributed by atoms with Crippen LogP contribution in [0, 0.1) is 23.4 Å². The Hall–Kier alpha value is -3.41. The van der Waals surface area contributed by atoms with Gasteiger partial charge in [0, 0.05) is 30.5 Å². The molecule has 7 nitrogen and oxygen atoms in total. The number of carbonyl (C=O) groups excluding carboxylic acids is 1. The van der Waals surface area contributed by atoms with Gasteiger partial charge >= 0.3 is 6.09 Å². The Morgan fingerprint density at radius 2 is 1.71 bits per heavy atom. The first-order valence-electron chi connectivity index (χ1n) is 9.87. The van der Waals surface area contributed by atoms with Crippen molar-refractivity contribution in [1.29, 1.82) is 0 Å². The lowest BCUT2D eigenvalue weighted by Crippen LogP contribution is -2.42. The highest BCUT2D eigenvalue weighted by Crippen LogP contribution is 2.33. The van der Waals surface area contributed by atoms with Crippen molar-refractivity contribution in [2.45, 2.75) is 37.8 Å². The van der Waals surface area contributed by atoms with Gasteiger partial charge in [-0.15, -0.1) is 0 Å². The zero-order valence-electron chi connectivity index (χ0n) is 18.6. The summed E-state index contributed by atoms with van der Waals surface area (Å²) in [6.45, 7) is 4.45. The molecule has 2 heterocycles. The third kappa shape index (κ3) is 4.63. The maximum absolute atomic E-state index is 15.4. The number of nitrogens with zero attached hydrogens (tertiary/aromatic N) is 3. The van der Waals surface area contributed by atoms with Crippen LogP contribution in [-0.4, -0.2) is 41.0 Å². The maximum atomic E-state index is 15.4. The molecule has 0 aliphatic rings. The molecule has 34 heavy (non-hydrogen) atoms. The molecule has 0 N–H and O–H groups in total. The number of aromatic nitrogens is 2. The number of pyridine rings is 1. The number of ether oxygens (including phenoxy) is 1. The second-order valence-electron chi connectivity index (χ2n) is 8.29. The van der Waals surface area contributed by atoms with E-state index in [0.717, 1.165) is 18.3 Å². The Kier molecular flexibility index (Phi) is 6.74. The van der Waals surface area contributed by atoms with Crippen molar-refractivity contribution in [3.63, 3.8) is 0 Å². The Labute approximate surface area is 193 Å². The minimum atomic E-state index is -5.09. The Morgan fingerprint density at radius 1 is 1.09 bits per heavy atom. The molecule has 1 amide bonds. The smallest absolute Gasteiger partial charge is 0.410 e. The van der Waals surface area contributed by atoms with Crippen LogP contribution in [0.4, 0.5) is 22.4 Å². The SMILES string of the molecule is CN(C(=O)OCc1cn(S(=O)(=O)c2c(F)cccc2F)c(-c2cccnc2F)c1F)C(C)(C)C. The summed E-state index contributed by atoms with van der Waals surface area (Å²) in [5.41, 5.74) is -2.53. The first-order valence-corrected chi connectivity index (χ1v) is 11.3. The summed E-state index contributed by atoms with van der Waals surface area (Å²) in [6, 6.07) is 4.66. The van der Waals surface area contributed by atoms with Crippen LogP contribution in [0.1, 0.15) is 26.3 Å². The van der Waals surface area contributed by atoms with Gasteiger partial charge in [0.15, 0.2) is 10.7 Å². The summed E-state index contributed by atoms with van der Waals surface area (Å²) in [7, 11) is -3.64. The first kappa shape index (κ1) is 25.2. The molecule has 1 aromatic carbocycles. The van der Waals surface area contributed by atoms with E-state index in [0.29, 0.717) is 18.3 Å². The Balaban J connectivity index is 2.17. The number of hydrogen-bond donors (Lipinski definition) is 0. The van der Waals surface area contributed by atoms with E-state index in [1.54, 1.807) is 20.8 Å². The van der Waals surface area contributed by atoms with Crippen LogP contribution in [-0.2, 0) is 21.4 Å². The molecule has 0 atom stereocenters. The lowest BCUT2D eigenvalue weighted by Gasteiger charge is -2.30. The van der Waals surface area contributed by atoms with Gasteiger partial charge in [0.25, 0.3) is 10.0 Å². The molecule has 3 aromatic rings. The average Bonchev–Trinajstić information content (AvgIpc) is 3.07. The van der Waals surface area contributed by atoms with Gasteiger partial charge in [0.2, 0.25) is 5.95 Å². The summed E-state index contributed by atoms with van der Waals surface area (Å²) in [5, 5.41) is 0. The molecule has 0 saturated carbocycles. The highest BCUT2D eigenvalue weighted by molar-refractivity contribution is 7.90. The van der Waals surface area contributed by atoms with Crippen molar-refractivity contribution >= 4 is 16.1 Å². The van der Waals surface area contributed by atoms with Crippen molar-refractivity contribution in [3.05, 3.63) is 71.7 Å². The molecule has 0 fully saturated rings. The molecule has 182 valence electrons. The van der Waals surface area contributed by atoms with E-state index in [9.17, 15) is 26.4 Å². The van der Waals surface area contributed by atoms with Crippen LogP contribution in [0.5, 0.6) is 0 Å². The van der Waals surface area contributed by atoms with Crippen molar-refractivity contribution in [3.8, 4) is 11.3 Å². The molecule has 0 spiro atoms. The monoisotopic (exact) mass is 499 g/mol. The Bertz CT molecular complexity index is 1330. The van der Waals surface area contributed by atoms with Crippen LogP contribution in [0.25, 0.3) is 11.3 Å². The molecule has 2 aromatic heterocycles. The zero-order valence-corrected chi connectivity index (χ0v) is 19.5. The van der Waals surface area contributed by atoms with Crippen molar-refractivity contribution in [2.75, 3.05) is 7.05 Å². The Morgan fingerprint density at radius 3 is 2.26 bits per heavy atom. The van der Waals surface area contributed by atoms with E-state index in [4.69, 9.17) is 4.74 Å². The van der Waals surface area contributed by atoms with Gasteiger partial charge in [0.1, 0.15) is 23.9 Å². The minimum Gasteiger partial charge on any atom is -0.444 e. The van der Waals surface area contributed by atoms with Crippen LogP contribution in [0.15, 0.2) is 47.6 Å². The highest BCUT2D eigenvalue weighted by atomic mass is 32.2. The van der Waals surface area contributed by atoms with E-state index >= 15 is 4.39 Å². The van der Waals surface area contributed by atoms with Crippen molar-refractivity contribution in [2.24, 2.45) is 0 Å². The predicted octanol–water partition coefficient (Wildman–Crippen LogP) is 4.71. The normalized spacial score (nSPS) is 12.0. The quantitative estimate of drug-likeness (QED) is 0.375. The number of rotatable bonds is 5. The number of amides is 1. The van der Waals surface area contributed by atoms with Crippen LogP contribution in [0.2, 0.25) is 0 Å². The van der Waals surface area contributed by atoms with Gasteiger partial charge in [-0.25, -0.2) is 35.3 Å². The van der Waals surface area contributed by atoms with Gasteiger partial charge in [-0.1, -0.05) is 6.07 Å². The number of hydrogen-bond acceptors (Lipinski definition) is 5. The van der Waals surface area contributed by atoms with E-state index < -0.39 is 73.4 Å². The number of halogens is 4. The molecule has 0 radical (unpaired) electrons. The highest BCUT2D eigenvalue weighted by Gasteiger charge is 2.33. The molecule has 12 heteroatoms. The summed E-state index contributed by atoms with van der Waals surface area (Å²) < 4.78 is 90.1. The second kappa shape index (κ2) is 9.09. The average molecular weight is 499 g/mol. The van der Waals surface area contributed by atoms with Gasteiger partial charge in [0.05, 0.1) is 5.56 Å². The molecule has 0 unspecified atom stereocenters. The van der Waals surface area contributed by atoms with Crippen molar-refractivity contribution < 1.29 is 35.5 Å². The molecular formula is C22H21F4N3O4S. The van der Waals surface area contributed by atoms with Gasteiger partial charge in [-0.3, -0.25) is 0 Å². The van der Waals surface area contributed by atoms with E-state index in [1.807, 2.05) is 0 Å². The molecular weight excluding hydrogens is 478 g/mol. The lowest BCUT2D eigenvalue weighted by molar-refractivity contribution is 0.0753. The topological polar surface area (TPSA) is 81.5 Å². The molecule has 0 bridgehead atoms. The summed E-state index contributed by atoms with van der Waals surface area (Å²) in [6.07, 6.45) is 0.903. The van der Waals surface area contributed by atoms with Gasteiger partial charge < -0.3 is 9.64 Å².